The second-order valence-electron chi connectivity index (χ2n) is 3.70. The van der Waals surface area contributed by atoms with Gasteiger partial charge in [0.1, 0.15) is 0 Å². The Morgan fingerprint density at radius 1 is 1.50 bits per heavy atom. The van der Waals surface area contributed by atoms with Gasteiger partial charge in [0.25, 0.3) is 0 Å². The first-order valence-electron chi connectivity index (χ1n) is 4.50. The number of rotatable bonds is 2. The van der Waals surface area contributed by atoms with Gasteiger partial charge in [-0.15, -0.1) is 0 Å². The molecule has 1 aliphatic heterocycles. The molecule has 2 fully saturated rings. The van der Waals surface area contributed by atoms with Crippen molar-refractivity contribution in [2.24, 2.45) is 11.8 Å². The maximum absolute atomic E-state index is 10.9. The molecule has 0 bridgehead atoms. The van der Waals surface area contributed by atoms with Gasteiger partial charge in [0, 0.05) is 12.5 Å². The molecule has 0 radical (unpaired) electrons. The predicted molar refractivity (Wildman–Crippen MR) is 43.0 cm³/mol. The fourth-order valence-electron chi connectivity index (χ4n) is 1.89. The van der Waals surface area contributed by atoms with Gasteiger partial charge in [-0.1, -0.05) is 0 Å². The van der Waals surface area contributed by atoms with E-state index in [0.29, 0.717) is 12.3 Å². The average molecular weight is 164 g/mol. The number of nitriles is 1. The van der Waals surface area contributed by atoms with Crippen molar-refractivity contribution in [1.82, 2.24) is 5.32 Å². The van der Waals surface area contributed by atoms with Crippen LogP contribution in [-0.2, 0) is 4.79 Å². The van der Waals surface area contributed by atoms with E-state index in [1.807, 2.05) is 0 Å². The van der Waals surface area contributed by atoms with Crippen molar-refractivity contribution in [2.45, 2.75) is 31.7 Å². The summed E-state index contributed by atoms with van der Waals surface area (Å²) in [5.41, 5.74) is 0. The maximum Gasteiger partial charge on any atom is 0.220 e. The zero-order chi connectivity index (χ0) is 8.55. The maximum atomic E-state index is 10.9. The molecule has 2 rings (SSSR count). The molecule has 3 nitrogen and oxygen atoms in total. The number of carbonyl (C=O) groups is 1. The summed E-state index contributed by atoms with van der Waals surface area (Å²) in [7, 11) is 0. The van der Waals surface area contributed by atoms with Crippen molar-refractivity contribution in [3.63, 3.8) is 0 Å². The minimum Gasteiger partial charge on any atom is -0.352 e. The highest BCUT2D eigenvalue weighted by molar-refractivity contribution is 5.78. The van der Waals surface area contributed by atoms with Gasteiger partial charge in [-0.2, -0.15) is 5.26 Å². The average Bonchev–Trinajstić information content (AvgIpc) is 2.78. The molecule has 0 aromatic heterocycles. The van der Waals surface area contributed by atoms with Crippen LogP contribution in [-0.4, -0.2) is 11.9 Å². The molecule has 2 unspecified atom stereocenters. The van der Waals surface area contributed by atoms with Gasteiger partial charge in [0.2, 0.25) is 5.91 Å². The standard InChI is InChI=1S/C9H12N2O/c10-5-7(6-1-2-6)8-3-4-9(12)11-8/h6-8H,1-4H2,(H,11,12). The van der Waals surface area contributed by atoms with Crippen LogP contribution in [0.3, 0.4) is 0 Å². The summed E-state index contributed by atoms with van der Waals surface area (Å²) >= 11 is 0. The molecule has 1 saturated heterocycles. The Morgan fingerprint density at radius 3 is 2.67 bits per heavy atom. The fraction of sp³-hybridized carbons (Fsp3) is 0.778. The lowest BCUT2D eigenvalue weighted by molar-refractivity contribution is -0.119. The number of carbonyl (C=O) groups excluding carboxylic acids is 1. The predicted octanol–water partition coefficient (Wildman–Crippen LogP) is 0.815. The van der Waals surface area contributed by atoms with E-state index in [2.05, 4.69) is 11.4 Å². The molecule has 64 valence electrons. The van der Waals surface area contributed by atoms with Crippen LogP contribution in [0.2, 0.25) is 0 Å². The fourth-order valence-corrected chi connectivity index (χ4v) is 1.89. The Balaban J connectivity index is 1.98. The molecule has 2 aliphatic rings. The largest absolute Gasteiger partial charge is 0.352 e. The summed E-state index contributed by atoms with van der Waals surface area (Å²) in [6.07, 6.45) is 3.80. The van der Waals surface area contributed by atoms with Crippen molar-refractivity contribution in [2.75, 3.05) is 0 Å². The van der Waals surface area contributed by atoms with E-state index in [-0.39, 0.29) is 17.9 Å². The summed E-state index contributed by atoms with van der Waals surface area (Å²) < 4.78 is 0. The van der Waals surface area contributed by atoms with Gasteiger partial charge >= 0.3 is 0 Å². The van der Waals surface area contributed by atoms with Crippen LogP contribution < -0.4 is 5.32 Å². The molecule has 1 saturated carbocycles. The Bertz CT molecular complexity index is 239. The van der Waals surface area contributed by atoms with Crippen LogP contribution in [0.4, 0.5) is 0 Å². The highest BCUT2D eigenvalue weighted by atomic mass is 16.1. The smallest absolute Gasteiger partial charge is 0.220 e. The van der Waals surface area contributed by atoms with E-state index in [4.69, 9.17) is 5.26 Å². The molecule has 0 aromatic rings. The Labute approximate surface area is 71.8 Å². The van der Waals surface area contributed by atoms with Crippen molar-refractivity contribution in [1.29, 1.82) is 5.26 Å². The van der Waals surface area contributed by atoms with Gasteiger partial charge in [0.05, 0.1) is 12.0 Å². The lowest BCUT2D eigenvalue weighted by atomic mass is 9.95. The van der Waals surface area contributed by atoms with Crippen LogP contribution in [0.1, 0.15) is 25.7 Å². The van der Waals surface area contributed by atoms with Crippen LogP contribution in [0.5, 0.6) is 0 Å². The SMILES string of the molecule is N#CC(C1CC1)C1CCC(=O)N1. The zero-order valence-electron chi connectivity index (χ0n) is 6.92. The van der Waals surface area contributed by atoms with E-state index in [1.54, 1.807) is 0 Å². The molecule has 1 aliphatic carbocycles. The summed E-state index contributed by atoms with van der Waals surface area (Å²) in [6.45, 7) is 0. The summed E-state index contributed by atoms with van der Waals surface area (Å²) in [5.74, 6) is 0.760. The topological polar surface area (TPSA) is 52.9 Å². The first-order valence-corrected chi connectivity index (χ1v) is 4.50. The molecular weight excluding hydrogens is 152 g/mol. The number of nitrogens with one attached hydrogen (secondary N) is 1. The quantitative estimate of drug-likeness (QED) is 0.656. The highest BCUT2D eigenvalue weighted by Gasteiger charge is 2.39. The van der Waals surface area contributed by atoms with Gasteiger partial charge < -0.3 is 5.32 Å². The molecular formula is C9H12N2O. The second-order valence-corrected chi connectivity index (χ2v) is 3.70. The zero-order valence-corrected chi connectivity index (χ0v) is 6.92. The van der Waals surface area contributed by atoms with E-state index in [1.165, 1.54) is 12.8 Å². The molecule has 0 aromatic carbocycles. The van der Waals surface area contributed by atoms with E-state index in [9.17, 15) is 4.79 Å². The van der Waals surface area contributed by atoms with Crippen molar-refractivity contribution < 1.29 is 4.79 Å². The molecule has 1 heterocycles. The number of nitrogens with zero attached hydrogens (tertiary/aromatic N) is 1. The third kappa shape index (κ3) is 1.29. The first-order chi connectivity index (χ1) is 5.81. The summed E-state index contributed by atoms with van der Waals surface area (Å²) in [6, 6.07) is 2.46. The van der Waals surface area contributed by atoms with Crippen molar-refractivity contribution >= 4 is 5.91 Å². The van der Waals surface area contributed by atoms with Crippen LogP contribution >= 0.6 is 0 Å². The Kier molecular flexibility index (Phi) is 1.76. The number of amides is 1. The lowest BCUT2D eigenvalue weighted by Gasteiger charge is -2.15. The van der Waals surface area contributed by atoms with E-state index >= 15 is 0 Å². The third-order valence-corrected chi connectivity index (χ3v) is 2.74. The minimum atomic E-state index is 0.0800. The molecule has 12 heavy (non-hydrogen) atoms. The van der Waals surface area contributed by atoms with E-state index in [0.717, 1.165) is 6.42 Å². The Morgan fingerprint density at radius 2 is 2.25 bits per heavy atom. The summed E-state index contributed by atoms with van der Waals surface area (Å²) in [4.78, 5) is 10.9. The first kappa shape index (κ1) is 7.60. The normalized spacial score (nSPS) is 30.9. The van der Waals surface area contributed by atoms with Crippen molar-refractivity contribution in [3.8, 4) is 6.07 Å². The minimum absolute atomic E-state index is 0.0800. The van der Waals surface area contributed by atoms with Gasteiger partial charge in [-0.25, -0.2) is 0 Å². The van der Waals surface area contributed by atoms with E-state index < -0.39 is 0 Å². The lowest BCUT2D eigenvalue weighted by Crippen LogP contribution is -2.33. The molecule has 3 heteroatoms. The third-order valence-electron chi connectivity index (χ3n) is 2.74. The second kappa shape index (κ2) is 2.78. The molecule has 2 atom stereocenters. The van der Waals surface area contributed by atoms with Crippen LogP contribution in [0, 0.1) is 23.2 Å². The van der Waals surface area contributed by atoms with Gasteiger partial charge in [-0.05, 0) is 25.2 Å². The number of hydrogen-bond donors (Lipinski definition) is 1. The summed E-state index contributed by atoms with van der Waals surface area (Å²) in [5, 5.41) is 11.7. The van der Waals surface area contributed by atoms with Crippen LogP contribution in [0.25, 0.3) is 0 Å². The highest BCUT2D eigenvalue weighted by Crippen LogP contribution is 2.39. The van der Waals surface area contributed by atoms with Gasteiger partial charge in [-0.3, -0.25) is 4.79 Å². The van der Waals surface area contributed by atoms with Gasteiger partial charge in [0.15, 0.2) is 0 Å². The molecule has 1 amide bonds. The van der Waals surface area contributed by atoms with Crippen LogP contribution in [0.15, 0.2) is 0 Å². The molecule has 1 N–H and O–H groups in total. The Hall–Kier alpha value is -1.04. The number of hydrogen-bond acceptors (Lipinski definition) is 2. The van der Waals surface area contributed by atoms with Crippen molar-refractivity contribution in [3.05, 3.63) is 0 Å². The molecule has 0 spiro atoms. The monoisotopic (exact) mass is 164 g/mol.